The number of aromatic carboxylic acids is 1. The number of carbonyl (C=O) groups excluding carboxylic acids is 3. The first-order valence-electron chi connectivity index (χ1n) is 16.8. The van der Waals surface area contributed by atoms with Gasteiger partial charge in [-0.15, -0.1) is 12.4 Å². The molecule has 3 N–H and O–H groups in total. The van der Waals surface area contributed by atoms with Crippen LogP contribution in [0.1, 0.15) is 103 Å². The number of unbranched alkanes of at least 4 members (excludes halogenated alkanes) is 1. The zero-order chi connectivity index (χ0) is 32.9. The van der Waals surface area contributed by atoms with Crippen LogP contribution >= 0.6 is 12.4 Å². The van der Waals surface area contributed by atoms with E-state index in [1.807, 2.05) is 29.2 Å². The number of benzene rings is 2. The third-order valence-electron chi connectivity index (χ3n) is 10.2. The fourth-order valence-electron chi connectivity index (χ4n) is 7.36. The van der Waals surface area contributed by atoms with Crippen LogP contribution in [-0.2, 0) is 22.7 Å². The molecule has 0 radical (unpaired) electrons. The Morgan fingerprint density at radius 3 is 2.11 bits per heavy atom. The lowest BCUT2D eigenvalue weighted by atomic mass is 9.77. The fraction of sp³-hybridized carbons (Fsp3) is 0.556. The molecule has 10 nitrogen and oxygen atoms in total. The van der Waals surface area contributed by atoms with Crippen LogP contribution in [0.4, 0.5) is 0 Å². The van der Waals surface area contributed by atoms with Gasteiger partial charge in [0.25, 0.3) is 5.91 Å². The Balaban J connectivity index is 0.00000500. The summed E-state index contributed by atoms with van der Waals surface area (Å²) in [5.41, 5.74) is 0.944. The van der Waals surface area contributed by atoms with Gasteiger partial charge in [-0.3, -0.25) is 19.3 Å². The van der Waals surface area contributed by atoms with Gasteiger partial charge < -0.3 is 25.3 Å². The second-order valence-corrected chi connectivity index (χ2v) is 13.5. The van der Waals surface area contributed by atoms with Crippen molar-refractivity contribution in [2.24, 2.45) is 0 Å². The largest absolute Gasteiger partial charge is 0.478 e. The van der Waals surface area contributed by atoms with Crippen molar-refractivity contribution in [3.63, 3.8) is 0 Å². The number of halogens is 1. The summed E-state index contributed by atoms with van der Waals surface area (Å²) in [5, 5.41) is 23.3. The molecule has 1 saturated carbocycles. The molecule has 3 fully saturated rings. The molecule has 47 heavy (non-hydrogen) atoms. The Morgan fingerprint density at radius 1 is 0.915 bits per heavy atom. The van der Waals surface area contributed by atoms with E-state index in [0.29, 0.717) is 64.0 Å². The Kier molecular flexibility index (Phi) is 12.1. The number of nitrogens with zero attached hydrogens (tertiary/aromatic N) is 3. The number of nitrogens with one attached hydrogen (secondary N) is 1. The molecule has 3 amide bonds. The number of aliphatic hydroxyl groups is 1. The molecular weight excluding hydrogens is 620 g/mol. The average Bonchev–Trinajstić information content (AvgIpc) is 3.05. The summed E-state index contributed by atoms with van der Waals surface area (Å²) in [6, 6.07) is 13.4. The lowest BCUT2D eigenvalue weighted by Gasteiger charge is -2.52. The number of piperazine rings is 1. The van der Waals surface area contributed by atoms with Gasteiger partial charge in [0.05, 0.1) is 11.2 Å². The molecule has 1 aliphatic carbocycles. The minimum absolute atomic E-state index is 0. The first-order chi connectivity index (χ1) is 22.0. The molecular formula is C36H49ClN4O6. The molecule has 1 atom stereocenters. The number of likely N-dealkylation sites (tertiary alicyclic amines) is 1. The molecule has 256 valence electrons. The van der Waals surface area contributed by atoms with Gasteiger partial charge in [0, 0.05) is 51.8 Å². The SMILES string of the molecule is CCCCN1C(=O)[C@@H](CC2(O)CCCCC2)NC(=O)C12CCN(Cc1ccc(C(=O)N(C)Cc3ccc(C(=O)O)cc3)cc1)CC2.Cl. The lowest BCUT2D eigenvalue weighted by molar-refractivity contribution is -0.163. The van der Waals surface area contributed by atoms with E-state index in [1.54, 1.807) is 24.1 Å². The molecule has 0 bridgehead atoms. The van der Waals surface area contributed by atoms with E-state index in [4.69, 9.17) is 5.11 Å². The number of hydrogen-bond acceptors (Lipinski definition) is 6. The molecule has 3 aliphatic rings. The first-order valence-corrected chi connectivity index (χ1v) is 16.8. The van der Waals surface area contributed by atoms with E-state index in [2.05, 4.69) is 17.1 Å². The monoisotopic (exact) mass is 668 g/mol. The normalized spacial score (nSPS) is 20.7. The summed E-state index contributed by atoms with van der Waals surface area (Å²) < 4.78 is 0. The van der Waals surface area contributed by atoms with Gasteiger partial charge in [-0.2, -0.15) is 0 Å². The van der Waals surface area contributed by atoms with Gasteiger partial charge >= 0.3 is 5.97 Å². The highest BCUT2D eigenvalue weighted by Gasteiger charge is 2.54. The van der Waals surface area contributed by atoms with Crippen molar-refractivity contribution >= 4 is 36.1 Å². The second-order valence-electron chi connectivity index (χ2n) is 13.5. The number of piperidine rings is 1. The van der Waals surface area contributed by atoms with E-state index in [9.17, 15) is 24.3 Å². The highest BCUT2D eigenvalue weighted by molar-refractivity contribution is 6.00. The van der Waals surface area contributed by atoms with Crippen LogP contribution < -0.4 is 5.32 Å². The number of hydrogen-bond donors (Lipinski definition) is 3. The van der Waals surface area contributed by atoms with Gasteiger partial charge in [0.15, 0.2) is 0 Å². The first kappa shape index (κ1) is 36.4. The summed E-state index contributed by atoms with van der Waals surface area (Å²) in [7, 11) is 1.72. The van der Waals surface area contributed by atoms with E-state index >= 15 is 0 Å². The molecule has 1 spiro atoms. The van der Waals surface area contributed by atoms with Gasteiger partial charge in [-0.1, -0.05) is 56.9 Å². The van der Waals surface area contributed by atoms with Gasteiger partial charge in [-0.25, -0.2) is 4.79 Å². The van der Waals surface area contributed by atoms with Crippen LogP contribution in [0, 0.1) is 0 Å². The Labute approximate surface area is 283 Å². The second kappa shape index (κ2) is 15.6. The number of carboxylic acids is 1. The molecule has 0 aromatic heterocycles. The van der Waals surface area contributed by atoms with Crippen molar-refractivity contribution in [3.8, 4) is 0 Å². The summed E-state index contributed by atoms with van der Waals surface area (Å²) in [6.45, 7) is 5.02. The number of rotatable bonds is 11. The quantitative estimate of drug-likeness (QED) is 0.318. The average molecular weight is 669 g/mol. The molecule has 2 heterocycles. The number of amides is 3. The van der Waals surface area contributed by atoms with Crippen LogP contribution in [0.3, 0.4) is 0 Å². The Hall–Kier alpha value is -3.47. The predicted molar refractivity (Wildman–Crippen MR) is 181 cm³/mol. The maximum atomic E-state index is 13.8. The molecule has 0 unspecified atom stereocenters. The van der Waals surface area contributed by atoms with E-state index in [0.717, 1.165) is 43.2 Å². The maximum Gasteiger partial charge on any atom is 0.335 e. The maximum absolute atomic E-state index is 13.8. The number of carbonyl (C=O) groups is 4. The van der Waals surface area contributed by atoms with Crippen LogP contribution in [0.15, 0.2) is 48.5 Å². The van der Waals surface area contributed by atoms with Crippen LogP contribution in [0.5, 0.6) is 0 Å². The highest BCUT2D eigenvalue weighted by atomic mass is 35.5. The van der Waals surface area contributed by atoms with Crippen LogP contribution in [0.2, 0.25) is 0 Å². The molecule has 2 aromatic rings. The van der Waals surface area contributed by atoms with E-state index in [1.165, 1.54) is 12.1 Å². The summed E-state index contributed by atoms with van der Waals surface area (Å²) in [5.74, 6) is -1.24. The fourth-order valence-corrected chi connectivity index (χ4v) is 7.36. The standard InChI is InChI=1S/C36H48N4O6.ClH/c1-3-4-20-40-32(42)30(23-35(46)16-6-5-7-17-35)37-34(45)36(40)18-21-39(22-19-36)25-27-8-12-28(13-9-27)31(41)38(2)24-26-10-14-29(15-11-26)33(43)44;/h8-15,30,46H,3-7,16-25H2,1-2H3,(H,37,45)(H,43,44);1H/t30-;/m1./s1. The Morgan fingerprint density at radius 2 is 1.51 bits per heavy atom. The van der Waals surface area contributed by atoms with Crippen LogP contribution in [0.25, 0.3) is 0 Å². The lowest BCUT2D eigenvalue weighted by Crippen LogP contribution is -2.73. The molecule has 2 aliphatic heterocycles. The van der Waals surface area contributed by atoms with Crippen molar-refractivity contribution in [2.75, 3.05) is 26.7 Å². The van der Waals surface area contributed by atoms with Crippen molar-refractivity contribution < 1.29 is 29.4 Å². The predicted octanol–water partition coefficient (Wildman–Crippen LogP) is 4.63. The van der Waals surface area contributed by atoms with Crippen molar-refractivity contribution in [3.05, 3.63) is 70.8 Å². The van der Waals surface area contributed by atoms with E-state index in [-0.39, 0.29) is 42.1 Å². The van der Waals surface area contributed by atoms with Crippen molar-refractivity contribution in [1.29, 1.82) is 0 Å². The van der Waals surface area contributed by atoms with Gasteiger partial charge in [0.1, 0.15) is 11.6 Å². The smallest absolute Gasteiger partial charge is 0.335 e. The molecule has 2 saturated heterocycles. The highest BCUT2D eigenvalue weighted by Crippen LogP contribution is 2.37. The third kappa shape index (κ3) is 8.34. The van der Waals surface area contributed by atoms with Gasteiger partial charge in [-0.05, 0) is 67.5 Å². The summed E-state index contributed by atoms with van der Waals surface area (Å²) in [4.78, 5) is 57.5. The molecule has 2 aromatic carbocycles. The van der Waals surface area contributed by atoms with Crippen molar-refractivity contribution in [1.82, 2.24) is 20.0 Å². The van der Waals surface area contributed by atoms with Gasteiger partial charge in [0.2, 0.25) is 11.8 Å². The third-order valence-corrected chi connectivity index (χ3v) is 10.2. The summed E-state index contributed by atoms with van der Waals surface area (Å²) in [6.07, 6.45) is 7.52. The molecule has 5 rings (SSSR count). The number of carboxylic acid groups (broad SMARTS) is 1. The van der Waals surface area contributed by atoms with E-state index < -0.39 is 23.2 Å². The zero-order valence-corrected chi connectivity index (χ0v) is 28.4. The topological polar surface area (TPSA) is 130 Å². The minimum Gasteiger partial charge on any atom is -0.478 e. The minimum atomic E-state index is -0.983. The molecule has 11 heteroatoms. The Bertz CT molecular complexity index is 1400. The van der Waals surface area contributed by atoms with Crippen LogP contribution in [-0.4, -0.2) is 92.5 Å². The zero-order valence-electron chi connectivity index (χ0n) is 27.6. The summed E-state index contributed by atoms with van der Waals surface area (Å²) >= 11 is 0. The van der Waals surface area contributed by atoms with Crippen molar-refractivity contribution in [2.45, 2.75) is 101 Å².